The van der Waals surface area contributed by atoms with Crippen molar-refractivity contribution in [1.82, 2.24) is 5.32 Å². The summed E-state index contributed by atoms with van der Waals surface area (Å²) in [4.78, 5) is 11.1. The second-order valence-corrected chi connectivity index (χ2v) is 5.33. The molecule has 2 rings (SSSR count). The molecule has 0 amide bonds. The van der Waals surface area contributed by atoms with Gasteiger partial charge in [-0.15, -0.1) is 0 Å². The minimum absolute atomic E-state index is 0.180. The molecule has 3 heteroatoms. The Labute approximate surface area is 108 Å². The predicted octanol–water partition coefficient (Wildman–Crippen LogP) is 2.88. The Kier molecular flexibility index (Phi) is 3.71. The standard InChI is InChI=1S/C15H21NO2/c1-9-7-11(3)12(8-10(9)2)13-5-4-6-14(16-13)15(17)18/h7-8,13-14,16H,4-6H2,1-3H3,(H,17,18). The second-order valence-electron chi connectivity index (χ2n) is 5.33. The zero-order valence-corrected chi connectivity index (χ0v) is 11.3. The summed E-state index contributed by atoms with van der Waals surface area (Å²) in [5.74, 6) is -0.735. The first-order valence-electron chi connectivity index (χ1n) is 6.55. The Morgan fingerprint density at radius 2 is 1.83 bits per heavy atom. The summed E-state index contributed by atoms with van der Waals surface area (Å²) in [6, 6.07) is 4.17. The largest absolute Gasteiger partial charge is 0.480 e. The fraction of sp³-hybridized carbons (Fsp3) is 0.533. The van der Waals surface area contributed by atoms with Gasteiger partial charge in [-0.05, 0) is 62.3 Å². The highest BCUT2D eigenvalue weighted by Crippen LogP contribution is 2.29. The summed E-state index contributed by atoms with van der Waals surface area (Å²) in [7, 11) is 0. The molecule has 3 nitrogen and oxygen atoms in total. The molecule has 1 aromatic carbocycles. The molecular formula is C15H21NO2. The molecule has 1 saturated heterocycles. The molecule has 2 N–H and O–H groups in total. The maximum Gasteiger partial charge on any atom is 0.320 e. The number of benzene rings is 1. The highest BCUT2D eigenvalue weighted by Gasteiger charge is 2.27. The average Bonchev–Trinajstić information content (AvgIpc) is 2.34. The molecule has 0 aromatic heterocycles. The van der Waals surface area contributed by atoms with Crippen molar-refractivity contribution in [3.05, 3.63) is 34.4 Å². The van der Waals surface area contributed by atoms with Crippen LogP contribution in [0.1, 0.15) is 47.6 Å². The number of carboxylic acids is 1. The van der Waals surface area contributed by atoms with E-state index in [-0.39, 0.29) is 6.04 Å². The van der Waals surface area contributed by atoms with Crippen LogP contribution in [0.25, 0.3) is 0 Å². The molecular weight excluding hydrogens is 226 g/mol. The molecule has 0 bridgehead atoms. The van der Waals surface area contributed by atoms with Gasteiger partial charge in [-0.25, -0.2) is 0 Å². The smallest absolute Gasteiger partial charge is 0.320 e. The first kappa shape index (κ1) is 13.1. The summed E-state index contributed by atoms with van der Waals surface area (Å²) in [6.45, 7) is 6.32. The van der Waals surface area contributed by atoms with Gasteiger partial charge >= 0.3 is 5.97 Å². The molecule has 1 fully saturated rings. The van der Waals surface area contributed by atoms with E-state index < -0.39 is 12.0 Å². The van der Waals surface area contributed by atoms with E-state index in [0.717, 1.165) is 19.3 Å². The maximum absolute atomic E-state index is 11.1. The van der Waals surface area contributed by atoms with Crippen LogP contribution in [0, 0.1) is 20.8 Å². The summed E-state index contributed by atoms with van der Waals surface area (Å²) in [5.41, 5.74) is 5.07. The first-order valence-corrected chi connectivity index (χ1v) is 6.55. The lowest BCUT2D eigenvalue weighted by atomic mass is 9.89. The van der Waals surface area contributed by atoms with Gasteiger partial charge in [0, 0.05) is 6.04 Å². The first-order chi connectivity index (χ1) is 8.49. The van der Waals surface area contributed by atoms with Crippen LogP contribution in [0.15, 0.2) is 12.1 Å². The van der Waals surface area contributed by atoms with Gasteiger partial charge in [-0.3, -0.25) is 10.1 Å². The van der Waals surface area contributed by atoms with Gasteiger partial charge in [0.1, 0.15) is 6.04 Å². The molecule has 0 aliphatic carbocycles. The zero-order valence-electron chi connectivity index (χ0n) is 11.3. The Balaban J connectivity index is 2.26. The topological polar surface area (TPSA) is 49.3 Å². The van der Waals surface area contributed by atoms with Crippen LogP contribution in [-0.2, 0) is 4.79 Å². The Morgan fingerprint density at radius 1 is 1.17 bits per heavy atom. The Bertz CT molecular complexity index is 468. The van der Waals surface area contributed by atoms with Crippen molar-refractivity contribution in [2.45, 2.75) is 52.1 Å². The van der Waals surface area contributed by atoms with Gasteiger partial charge in [0.15, 0.2) is 0 Å². The minimum atomic E-state index is -0.735. The van der Waals surface area contributed by atoms with Crippen molar-refractivity contribution < 1.29 is 9.90 Å². The number of piperidine rings is 1. The Morgan fingerprint density at radius 3 is 2.50 bits per heavy atom. The lowest BCUT2D eigenvalue weighted by Crippen LogP contribution is -2.42. The number of rotatable bonds is 2. The van der Waals surface area contributed by atoms with Crippen LogP contribution in [0.4, 0.5) is 0 Å². The number of carboxylic acid groups (broad SMARTS) is 1. The fourth-order valence-corrected chi connectivity index (χ4v) is 2.73. The third-order valence-corrected chi connectivity index (χ3v) is 3.94. The lowest BCUT2D eigenvalue weighted by molar-refractivity contribution is -0.140. The van der Waals surface area contributed by atoms with Crippen LogP contribution in [0.2, 0.25) is 0 Å². The van der Waals surface area contributed by atoms with Gasteiger partial charge < -0.3 is 5.11 Å². The van der Waals surface area contributed by atoms with E-state index in [1.807, 2.05) is 0 Å². The maximum atomic E-state index is 11.1. The second kappa shape index (κ2) is 5.11. The molecule has 1 heterocycles. The molecule has 2 unspecified atom stereocenters. The van der Waals surface area contributed by atoms with E-state index in [9.17, 15) is 4.79 Å². The zero-order chi connectivity index (χ0) is 13.3. The third-order valence-electron chi connectivity index (χ3n) is 3.94. The summed E-state index contributed by atoms with van der Waals surface area (Å²) in [5, 5.41) is 12.4. The van der Waals surface area contributed by atoms with Gasteiger partial charge in [0.25, 0.3) is 0 Å². The number of hydrogen-bond donors (Lipinski definition) is 2. The number of nitrogens with one attached hydrogen (secondary N) is 1. The average molecular weight is 247 g/mol. The molecule has 1 aromatic rings. The minimum Gasteiger partial charge on any atom is -0.480 e. The molecule has 1 aliphatic heterocycles. The van der Waals surface area contributed by atoms with Crippen molar-refractivity contribution in [3.8, 4) is 0 Å². The molecule has 0 radical (unpaired) electrons. The van der Waals surface area contributed by atoms with E-state index in [2.05, 4.69) is 38.2 Å². The van der Waals surface area contributed by atoms with Crippen molar-refractivity contribution in [3.63, 3.8) is 0 Å². The van der Waals surface area contributed by atoms with E-state index in [1.54, 1.807) is 0 Å². The highest BCUT2D eigenvalue weighted by molar-refractivity contribution is 5.73. The van der Waals surface area contributed by atoms with Crippen molar-refractivity contribution in [2.24, 2.45) is 0 Å². The lowest BCUT2D eigenvalue weighted by Gasteiger charge is -2.30. The van der Waals surface area contributed by atoms with Crippen LogP contribution >= 0.6 is 0 Å². The third kappa shape index (κ3) is 2.56. The number of hydrogen-bond acceptors (Lipinski definition) is 2. The molecule has 2 atom stereocenters. The van der Waals surface area contributed by atoms with Gasteiger partial charge in [-0.1, -0.05) is 12.1 Å². The quantitative estimate of drug-likeness (QED) is 0.845. The molecule has 0 spiro atoms. The van der Waals surface area contributed by atoms with E-state index >= 15 is 0 Å². The monoisotopic (exact) mass is 247 g/mol. The van der Waals surface area contributed by atoms with E-state index in [0.29, 0.717) is 0 Å². The van der Waals surface area contributed by atoms with Crippen LogP contribution in [0.5, 0.6) is 0 Å². The fourth-order valence-electron chi connectivity index (χ4n) is 2.73. The molecule has 1 aliphatic rings. The summed E-state index contributed by atoms with van der Waals surface area (Å²) < 4.78 is 0. The van der Waals surface area contributed by atoms with Crippen LogP contribution in [-0.4, -0.2) is 17.1 Å². The highest BCUT2D eigenvalue weighted by atomic mass is 16.4. The van der Waals surface area contributed by atoms with Crippen molar-refractivity contribution in [1.29, 1.82) is 0 Å². The SMILES string of the molecule is Cc1cc(C)c(C2CCCC(C(=O)O)N2)cc1C. The van der Waals surface area contributed by atoms with Gasteiger partial charge in [0.05, 0.1) is 0 Å². The summed E-state index contributed by atoms with van der Waals surface area (Å²) in [6.07, 6.45) is 2.73. The van der Waals surface area contributed by atoms with Crippen molar-refractivity contribution >= 4 is 5.97 Å². The van der Waals surface area contributed by atoms with Crippen LogP contribution in [0.3, 0.4) is 0 Å². The van der Waals surface area contributed by atoms with Crippen molar-refractivity contribution in [2.75, 3.05) is 0 Å². The van der Waals surface area contributed by atoms with Crippen LogP contribution < -0.4 is 5.32 Å². The summed E-state index contributed by atoms with van der Waals surface area (Å²) >= 11 is 0. The van der Waals surface area contributed by atoms with E-state index in [1.165, 1.54) is 22.3 Å². The number of aliphatic carboxylic acids is 1. The van der Waals surface area contributed by atoms with E-state index in [4.69, 9.17) is 5.11 Å². The Hall–Kier alpha value is -1.35. The molecule has 98 valence electrons. The molecule has 0 saturated carbocycles. The number of carbonyl (C=O) groups is 1. The predicted molar refractivity (Wildman–Crippen MR) is 71.8 cm³/mol. The van der Waals surface area contributed by atoms with Gasteiger partial charge in [0.2, 0.25) is 0 Å². The number of aryl methyl sites for hydroxylation is 3. The molecule has 18 heavy (non-hydrogen) atoms. The normalized spacial score (nSPS) is 23.9. The van der Waals surface area contributed by atoms with Gasteiger partial charge in [-0.2, -0.15) is 0 Å².